The second kappa shape index (κ2) is 10.8. The van der Waals surface area contributed by atoms with Crippen molar-refractivity contribution in [3.8, 4) is 0 Å². The van der Waals surface area contributed by atoms with Gasteiger partial charge in [0.25, 0.3) is 0 Å². The Morgan fingerprint density at radius 1 is 1.46 bits per heavy atom. The third-order valence-electron chi connectivity index (χ3n) is 4.17. The molecule has 0 aliphatic carbocycles. The topological polar surface area (TPSA) is 87.1 Å². The van der Waals surface area contributed by atoms with Crippen molar-refractivity contribution in [1.82, 2.24) is 4.90 Å². The first-order chi connectivity index (χ1) is 12.6. The number of rotatable bonds is 9. The normalized spacial score (nSPS) is 19.3. The Bertz CT molecular complexity index is 626. The zero-order chi connectivity index (χ0) is 18.8. The lowest BCUT2D eigenvalue weighted by molar-refractivity contribution is -0.134. The fourth-order valence-corrected chi connectivity index (χ4v) is 3.56. The molecule has 0 bridgehead atoms. The van der Waals surface area contributed by atoms with Gasteiger partial charge in [-0.3, -0.25) is 4.79 Å². The maximum Gasteiger partial charge on any atom is 0.505 e. The molecule has 0 saturated carbocycles. The number of piperidine rings is 1. The average molecular weight is 379 g/mol. The number of hydrogen-bond acceptors (Lipinski definition) is 5. The molecule has 0 aromatic carbocycles. The summed E-state index contributed by atoms with van der Waals surface area (Å²) in [5, 5.41) is 22.6. The van der Waals surface area contributed by atoms with Crippen LogP contribution in [0.5, 0.6) is 0 Å². The lowest BCUT2D eigenvalue weighted by Crippen LogP contribution is -2.42. The Morgan fingerprint density at radius 2 is 2.31 bits per heavy atom. The molecule has 1 aliphatic heterocycles. The van der Waals surface area contributed by atoms with Crippen LogP contribution in [0.4, 0.5) is 4.79 Å². The molecule has 2 N–H and O–H groups in total. The number of ether oxygens (including phenoxy) is 1. The van der Waals surface area contributed by atoms with Crippen LogP contribution in [0.1, 0.15) is 31.2 Å². The summed E-state index contributed by atoms with van der Waals surface area (Å²) in [5.41, 5.74) is 1.11. The van der Waals surface area contributed by atoms with Gasteiger partial charge in [0.15, 0.2) is 0 Å². The minimum absolute atomic E-state index is 0.0201. The van der Waals surface area contributed by atoms with E-state index in [4.69, 9.17) is 5.11 Å². The predicted octanol–water partition coefficient (Wildman–Crippen LogP) is 3.23. The number of carbonyl (C=O) groups is 2. The molecule has 2 heterocycles. The van der Waals surface area contributed by atoms with E-state index >= 15 is 0 Å². The molecule has 1 unspecified atom stereocenters. The van der Waals surface area contributed by atoms with Crippen molar-refractivity contribution in [3.63, 3.8) is 0 Å². The first-order valence-electron chi connectivity index (χ1n) is 8.74. The summed E-state index contributed by atoms with van der Waals surface area (Å²) in [6.07, 6.45) is 8.85. The van der Waals surface area contributed by atoms with E-state index in [1.165, 1.54) is 0 Å². The summed E-state index contributed by atoms with van der Waals surface area (Å²) in [5.74, 6) is 0.102. The molecule has 1 fully saturated rings. The monoisotopic (exact) mass is 379 g/mol. The largest absolute Gasteiger partial charge is 0.505 e. The highest BCUT2D eigenvalue weighted by Crippen LogP contribution is 2.20. The fourth-order valence-electron chi connectivity index (χ4n) is 2.88. The van der Waals surface area contributed by atoms with Crippen molar-refractivity contribution >= 4 is 23.4 Å². The van der Waals surface area contributed by atoms with Gasteiger partial charge in [-0.25, -0.2) is 4.79 Å². The second-order valence-corrected chi connectivity index (χ2v) is 6.95. The summed E-state index contributed by atoms with van der Waals surface area (Å²) < 4.78 is 4.43. The van der Waals surface area contributed by atoms with Gasteiger partial charge in [0.1, 0.15) is 0 Å². The van der Waals surface area contributed by atoms with Crippen molar-refractivity contribution in [2.24, 2.45) is 0 Å². The van der Waals surface area contributed by atoms with Gasteiger partial charge in [-0.05, 0) is 41.7 Å². The molecule has 1 aliphatic rings. The van der Waals surface area contributed by atoms with E-state index < -0.39 is 12.3 Å². The first-order valence-corrected chi connectivity index (χ1v) is 9.68. The number of hydrogen-bond donors (Lipinski definition) is 2. The maximum atomic E-state index is 12.2. The first kappa shape index (κ1) is 20.2. The molecule has 7 heteroatoms. The third kappa shape index (κ3) is 7.01. The van der Waals surface area contributed by atoms with E-state index in [9.17, 15) is 14.7 Å². The average Bonchev–Trinajstić information content (AvgIpc) is 3.10. The molecule has 6 nitrogen and oxygen atoms in total. The van der Waals surface area contributed by atoms with Gasteiger partial charge >= 0.3 is 6.16 Å². The molecule has 0 spiro atoms. The molecule has 2 rings (SSSR count). The van der Waals surface area contributed by atoms with Crippen molar-refractivity contribution in [2.75, 3.05) is 13.2 Å². The minimum Gasteiger partial charge on any atom is -0.450 e. The number of nitrogens with zero attached hydrogens (tertiary/aromatic N) is 1. The van der Waals surface area contributed by atoms with Gasteiger partial charge in [0, 0.05) is 19.4 Å². The Morgan fingerprint density at radius 3 is 3.04 bits per heavy atom. The number of carboxylic acid groups (broad SMARTS) is 1. The van der Waals surface area contributed by atoms with E-state index in [0.29, 0.717) is 25.8 Å². The van der Waals surface area contributed by atoms with Gasteiger partial charge in [0.2, 0.25) is 5.91 Å². The van der Waals surface area contributed by atoms with Crippen LogP contribution in [0.2, 0.25) is 0 Å². The smallest absolute Gasteiger partial charge is 0.450 e. The van der Waals surface area contributed by atoms with E-state index in [1.54, 1.807) is 22.3 Å². The predicted molar refractivity (Wildman–Crippen MR) is 100 cm³/mol. The molecule has 1 amide bonds. The lowest BCUT2D eigenvalue weighted by atomic mass is 10.00. The Hall–Kier alpha value is -2.12. The van der Waals surface area contributed by atoms with Crippen LogP contribution in [-0.4, -0.2) is 52.5 Å². The van der Waals surface area contributed by atoms with E-state index in [2.05, 4.69) is 4.74 Å². The number of amides is 1. The SMILES string of the molecule is O=C(O)OCCC=CCN1C(=O)CCC[C@@H]1C=CC(O)Cc1ccsc1. The summed E-state index contributed by atoms with van der Waals surface area (Å²) in [6.45, 7) is 0.583. The van der Waals surface area contributed by atoms with Crippen LogP contribution in [-0.2, 0) is 16.0 Å². The molecule has 1 aromatic heterocycles. The van der Waals surface area contributed by atoms with Crippen LogP contribution in [0.3, 0.4) is 0 Å². The zero-order valence-corrected chi connectivity index (χ0v) is 15.4. The zero-order valence-electron chi connectivity index (χ0n) is 14.6. The summed E-state index contributed by atoms with van der Waals surface area (Å²) >= 11 is 1.61. The van der Waals surface area contributed by atoms with Crippen molar-refractivity contribution in [3.05, 3.63) is 46.7 Å². The molecule has 142 valence electrons. The van der Waals surface area contributed by atoms with Crippen LogP contribution < -0.4 is 0 Å². The molecular weight excluding hydrogens is 354 g/mol. The number of likely N-dealkylation sites (tertiary alicyclic amines) is 1. The molecular formula is C19H25NO5S. The highest BCUT2D eigenvalue weighted by molar-refractivity contribution is 7.07. The van der Waals surface area contributed by atoms with Crippen LogP contribution in [0.25, 0.3) is 0 Å². The van der Waals surface area contributed by atoms with E-state index in [-0.39, 0.29) is 18.6 Å². The highest BCUT2D eigenvalue weighted by atomic mass is 32.1. The van der Waals surface area contributed by atoms with Gasteiger partial charge in [-0.1, -0.05) is 24.3 Å². The quantitative estimate of drug-likeness (QED) is 0.391. The lowest BCUT2D eigenvalue weighted by Gasteiger charge is -2.33. The van der Waals surface area contributed by atoms with Crippen LogP contribution in [0, 0.1) is 0 Å². The maximum absolute atomic E-state index is 12.2. The van der Waals surface area contributed by atoms with Crippen molar-refractivity contribution in [2.45, 2.75) is 44.2 Å². The Balaban J connectivity index is 1.84. The molecule has 26 heavy (non-hydrogen) atoms. The van der Waals surface area contributed by atoms with Crippen LogP contribution >= 0.6 is 11.3 Å². The summed E-state index contributed by atoms with van der Waals surface area (Å²) in [6, 6.07) is 1.98. The number of aliphatic hydroxyl groups excluding tert-OH is 1. The Kier molecular flexibility index (Phi) is 8.37. The van der Waals surface area contributed by atoms with Crippen molar-refractivity contribution < 1.29 is 24.5 Å². The Labute approximate surface area is 157 Å². The van der Waals surface area contributed by atoms with E-state index in [0.717, 1.165) is 18.4 Å². The summed E-state index contributed by atoms with van der Waals surface area (Å²) in [4.78, 5) is 24.3. The minimum atomic E-state index is -1.28. The molecule has 1 saturated heterocycles. The summed E-state index contributed by atoms with van der Waals surface area (Å²) in [7, 11) is 0. The number of thiophene rings is 1. The van der Waals surface area contributed by atoms with Crippen molar-refractivity contribution in [1.29, 1.82) is 0 Å². The van der Waals surface area contributed by atoms with Gasteiger partial charge < -0.3 is 19.8 Å². The molecule has 0 radical (unpaired) electrons. The second-order valence-electron chi connectivity index (χ2n) is 6.17. The van der Waals surface area contributed by atoms with E-state index in [1.807, 2.05) is 35.1 Å². The third-order valence-corrected chi connectivity index (χ3v) is 4.90. The number of carbonyl (C=O) groups excluding carboxylic acids is 1. The fraction of sp³-hybridized carbons (Fsp3) is 0.474. The molecule has 2 atom stereocenters. The van der Waals surface area contributed by atoms with Gasteiger partial charge in [-0.2, -0.15) is 11.3 Å². The van der Waals surface area contributed by atoms with Crippen LogP contribution in [0.15, 0.2) is 41.1 Å². The number of aliphatic hydroxyl groups is 1. The molecule has 1 aromatic rings. The standard InChI is InChI=1S/C19H25NO5S/c21-17(13-15-9-12-26-14-15)8-7-16-5-4-6-18(22)20(16)10-2-1-3-11-25-19(23)24/h1-2,7-9,12,14,16-17,21H,3-6,10-11,13H2,(H,23,24)/t16-,17?/m1/s1. The highest BCUT2D eigenvalue weighted by Gasteiger charge is 2.25. The van der Waals surface area contributed by atoms with Gasteiger partial charge in [0.05, 0.1) is 18.8 Å². The van der Waals surface area contributed by atoms with Gasteiger partial charge in [-0.15, -0.1) is 0 Å².